The second-order valence-corrected chi connectivity index (χ2v) is 8.44. The van der Waals surface area contributed by atoms with Crippen molar-refractivity contribution in [1.82, 2.24) is 0 Å². The summed E-state index contributed by atoms with van der Waals surface area (Å²) in [6.45, 7) is 2.97. The molecule has 172 valence electrons. The second kappa shape index (κ2) is 11.5. The smallest absolute Gasteiger partial charge is 0.166 e. The number of rotatable bonds is 8. The first kappa shape index (κ1) is 23.5. The summed E-state index contributed by atoms with van der Waals surface area (Å²) in [6, 6.07) is 24.4. The van der Waals surface area contributed by atoms with Gasteiger partial charge in [-0.25, -0.2) is 8.78 Å². The zero-order chi connectivity index (χ0) is 23.8. The lowest BCUT2D eigenvalue weighted by atomic mass is 10.0. The Bertz CT molecular complexity index is 1300. The normalized spacial score (nSPS) is 10.7. The van der Waals surface area contributed by atoms with Crippen molar-refractivity contribution in [2.45, 2.75) is 39.0 Å². The summed E-state index contributed by atoms with van der Waals surface area (Å²) >= 11 is 0. The van der Waals surface area contributed by atoms with E-state index in [0.29, 0.717) is 5.39 Å². The van der Waals surface area contributed by atoms with Crippen LogP contribution >= 0.6 is 0 Å². The van der Waals surface area contributed by atoms with Gasteiger partial charge in [0.1, 0.15) is 5.75 Å². The summed E-state index contributed by atoms with van der Waals surface area (Å²) in [5.74, 6) is 5.54. The van der Waals surface area contributed by atoms with Crippen molar-refractivity contribution in [3.8, 4) is 17.6 Å². The Kier molecular flexibility index (Phi) is 7.94. The van der Waals surface area contributed by atoms with E-state index < -0.39 is 11.6 Å². The van der Waals surface area contributed by atoms with Crippen LogP contribution in [0.1, 0.15) is 48.4 Å². The molecule has 0 heterocycles. The Labute approximate surface area is 200 Å². The summed E-state index contributed by atoms with van der Waals surface area (Å²) in [4.78, 5) is 0. The SMILES string of the molecule is CCCCCOc1ccc(CCc2ccc(C#Cc3ccc4c(F)c(F)ccc4c3)cc2)cc1. The quantitative estimate of drug-likeness (QED) is 0.194. The van der Waals surface area contributed by atoms with E-state index in [4.69, 9.17) is 4.74 Å². The molecule has 0 bridgehead atoms. The van der Waals surface area contributed by atoms with Gasteiger partial charge in [0.05, 0.1) is 6.61 Å². The third-order valence-electron chi connectivity index (χ3n) is 5.85. The lowest BCUT2D eigenvalue weighted by molar-refractivity contribution is 0.306. The van der Waals surface area contributed by atoms with Crippen molar-refractivity contribution < 1.29 is 13.5 Å². The molecule has 0 N–H and O–H groups in total. The highest BCUT2D eigenvalue weighted by molar-refractivity contribution is 5.84. The first-order valence-corrected chi connectivity index (χ1v) is 11.8. The summed E-state index contributed by atoms with van der Waals surface area (Å²) < 4.78 is 33.0. The summed E-state index contributed by atoms with van der Waals surface area (Å²) in [6.07, 6.45) is 5.43. The number of aryl methyl sites for hydroxylation is 2. The van der Waals surface area contributed by atoms with Gasteiger partial charge in [-0.1, -0.05) is 68.0 Å². The van der Waals surface area contributed by atoms with Gasteiger partial charge in [0.25, 0.3) is 0 Å². The first-order valence-electron chi connectivity index (χ1n) is 11.8. The molecule has 0 fully saturated rings. The third-order valence-corrected chi connectivity index (χ3v) is 5.85. The molecule has 34 heavy (non-hydrogen) atoms. The Morgan fingerprint density at radius 2 is 1.35 bits per heavy atom. The number of halogens is 2. The topological polar surface area (TPSA) is 9.23 Å². The third kappa shape index (κ3) is 6.23. The fourth-order valence-electron chi connectivity index (χ4n) is 3.83. The van der Waals surface area contributed by atoms with Crippen molar-refractivity contribution in [2.24, 2.45) is 0 Å². The zero-order valence-electron chi connectivity index (χ0n) is 19.4. The molecule has 1 nitrogen and oxygen atoms in total. The number of hydrogen-bond acceptors (Lipinski definition) is 1. The highest BCUT2D eigenvalue weighted by Crippen LogP contribution is 2.21. The summed E-state index contributed by atoms with van der Waals surface area (Å²) in [7, 11) is 0. The molecule has 3 heteroatoms. The molecule has 0 aromatic heterocycles. The van der Waals surface area contributed by atoms with Gasteiger partial charge in [-0.3, -0.25) is 0 Å². The zero-order valence-corrected chi connectivity index (χ0v) is 19.4. The van der Waals surface area contributed by atoms with E-state index in [1.54, 1.807) is 24.3 Å². The van der Waals surface area contributed by atoms with Gasteiger partial charge in [0, 0.05) is 16.5 Å². The van der Waals surface area contributed by atoms with Gasteiger partial charge in [0.15, 0.2) is 11.6 Å². The van der Waals surface area contributed by atoms with Gasteiger partial charge in [-0.05, 0) is 78.2 Å². The Morgan fingerprint density at radius 1 is 0.706 bits per heavy atom. The molecule has 0 aliphatic carbocycles. The molecule has 0 aliphatic heterocycles. The Hall–Kier alpha value is -3.64. The highest BCUT2D eigenvalue weighted by Gasteiger charge is 2.06. The van der Waals surface area contributed by atoms with Crippen LogP contribution in [0.5, 0.6) is 5.75 Å². The van der Waals surface area contributed by atoms with E-state index in [1.807, 2.05) is 12.1 Å². The van der Waals surface area contributed by atoms with E-state index >= 15 is 0 Å². The number of fused-ring (bicyclic) bond motifs is 1. The molecular formula is C31H28F2O. The van der Waals surface area contributed by atoms with Crippen molar-refractivity contribution in [3.63, 3.8) is 0 Å². The molecule has 0 spiro atoms. The van der Waals surface area contributed by atoms with E-state index in [2.05, 4.69) is 55.2 Å². The predicted molar refractivity (Wildman–Crippen MR) is 135 cm³/mol. The Morgan fingerprint density at radius 3 is 2.06 bits per heavy atom. The molecule has 0 atom stereocenters. The largest absolute Gasteiger partial charge is 0.494 e. The first-order chi connectivity index (χ1) is 16.6. The van der Waals surface area contributed by atoms with E-state index in [-0.39, 0.29) is 5.39 Å². The molecule has 0 unspecified atom stereocenters. The van der Waals surface area contributed by atoms with Crippen LogP contribution in [0, 0.1) is 23.5 Å². The molecule has 0 aliphatic rings. The van der Waals surface area contributed by atoms with Crippen LogP contribution in [0.25, 0.3) is 10.8 Å². The lowest BCUT2D eigenvalue weighted by Gasteiger charge is -2.07. The van der Waals surface area contributed by atoms with Gasteiger partial charge in [-0.15, -0.1) is 0 Å². The van der Waals surface area contributed by atoms with Crippen LogP contribution in [-0.2, 0) is 12.8 Å². The molecule has 4 aromatic rings. The van der Waals surface area contributed by atoms with Gasteiger partial charge >= 0.3 is 0 Å². The van der Waals surface area contributed by atoms with Crippen LogP contribution in [0.3, 0.4) is 0 Å². The molecule has 0 saturated heterocycles. The standard InChI is InChI=1S/C31H28F2O/c1-2-3-4-21-34-28-17-13-25(14-18-28)10-9-23-5-7-24(8-6-23)11-12-26-15-19-29-27(22-26)16-20-30(32)31(29)33/h5-8,13-20,22H,2-4,9-10,21H2,1H3. The Balaban J connectivity index is 1.32. The van der Waals surface area contributed by atoms with Crippen LogP contribution in [0.15, 0.2) is 78.9 Å². The predicted octanol–water partition coefficient (Wildman–Crippen LogP) is 7.87. The number of unbranched alkanes of at least 4 members (excludes halogenated alkanes) is 2. The fourth-order valence-corrected chi connectivity index (χ4v) is 3.83. The van der Waals surface area contributed by atoms with E-state index in [1.165, 1.54) is 24.0 Å². The van der Waals surface area contributed by atoms with Crippen molar-refractivity contribution in [1.29, 1.82) is 0 Å². The minimum absolute atomic E-state index is 0.268. The molecule has 0 saturated carbocycles. The minimum Gasteiger partial charge on any atom is -0.494 e. The molecule has 4 rings (SSSR count). The van der Waals surface area contributed by atoms with Crippen LogP contribution in [0.4, 0.5) is 8.78 Å². The lowest BCUT2D eigenvalue weighted by Crippen LogP contribution is -1.97. The van der Waals surface area contributed by atoms with E-state index in [0.717, 1.165) is 48.8 Å². The number of benzene rings is 4. The van der Waals surface area contributed by atoms with Crippen LogP contribution < -0.4 is 4.74 Å². The number of hydrogen-bond donors (Lipinski definition) is 0. The van der Waals surface area contributed by atoms with Gasteiger partial charge < -0.3 is 4.74 Å². The minimum atomic E-state index is -0.838. The maximum absolute atomic E-state index is 13.9. The highest BCUT2D eigenvalue weighted by atomic mass is 19.2. The monoisotopic (exact) mass is 454 g/mol. The van der Waals surface area contributed by atoms with Gasteiger partial charge in [0.2, 0.25) is 0 Å². The van der Waals surface area contributed by atoms with Crippen LogP contribution in [0.2, 0.25) is 0 Å². The average molecular weight is 455 g/mol. The van der Waals surface area contributed by atoms with Crippen LogP contribution in [-0.4, -0.2) is 6.61 Å². The molecule has 0 radical (unpaired) electrons. The van der Waals surface area contributed by atoms with E-state index in [9.17, 15) is 8.78 Å². The fraction of sp³-hybridized carbons (Fsp3) is 0.226. The maximum Gasteiger partial charge on any atom is 0.166 e. The van der Waals surface area contributed by atoms with Crippen molar-refractivity contribution in [2.75, 3.05) is 6.61 Å². The van der Waals surface area contributed by atoms with Crippen molar-refractivity contribution >= 4 is 10.8 Å². The molecular weight excluding hydrogens is 426 g/mol. The molecule has 0 amide bonds. The average Bonchev–Trinajstić information content (AvgIpc) is 2.87. The maximum atomic E-state index is 13.9. The molecule has 4 aromatic carbocycles. The summed E-state index contributed by atoms with van der Waals surface area (Å²) in [5.41, 5.74) is 4.23. The van der Waals surface area contributed by atoms with Crippen molar-refractivity contribution in [3.05, 3.63) is 113 Å². The van der Waals surface area contributed by atoms with Gasteiger partial charge in [-0.2, -0.15) is 0 Å². The number of ether oxygens (including phenoxy) is 1. The second-order valence-electron chi connectivity index (χ2n) is 8.44. The summed E-state index contributed by atoms with van der Waals surface area (Å²) in [5, 5.41) is 0.904.